The van der Waals surface area contributed by atoms with Crippen LogP contribution in [0.15, 0.2) is 93.6 Å². The number of hydrogen-bond donors (Lipinski definition) is 2. The number of amides is 1. The molecule has 5 rings (SSSR count). The van der Waals surface area contributed by atoms with Gasteiger partial charge in [0.15, 0.2) is 16.7 Å². The van der Waals surface area contributed by atoms with Crippen molar-refractivity contribution in [2.24, 2.45) is 0 Å². The van der Waals surface area contributed by atoms with Gasteiger partial charge >= 0.3 is 5.69 Å². The molecule has 3 aromatic carbocycles. The van der Waals surface area contributed by atoms with Gasteiger partial charge in [-0.2, -0.15) is 0 Å². The number of nitrogens with two attached hydrogens (primary N) is 1. The van der Waals surface area contributed by atoms with Gasteiger partial charge < -0.3 is 10.6 Å². The van der Waals surface area contributed by atoms with Crippen molar-refractivity contribution in [3.63, 3.8) is 0 Å². The van der Waals surface area contributed by atoms with Crippen LogP contribution in [0, 0.1) is 6.92 Å². The number of H-pyrrole nitrogens is 1. The number of benzene rings is 3. The summed E-state index contributed by atoms with van der Waals surface area (Å²) in [5.41, 5.74) is 8.59. The highest BCUT2D eigenvalue weighted by atomic mass is 35.5. The van der Waals surface area contributed by atoms with E-state index in [2.05, 4.69) is 15.2 Å². The lowest BCUT2D eigenvalue weighted by Crippen LogP contribution is -2.42. The molecule has 10 nitrogen and oxygen atoms in total. The number of aryl methyl sites for hydroxylation is 1. The lowest BCUT2D eigenvalue weighted by atomic mass is 10.2. The zero-order valence-electron chi connectivity index (χ0n) is 24.4. The highest BCUT2D eigenvalue weighted by Gasteiger charge is 2.25. The first-order valence-corrected chi connectivity index (χ1v) is 15.5. The highest BCUT2D eigenvalue weighted by molar-refractivity contribution is 7.99. The normalized spacial score (nSPS) is 11.1. The Balaban J connectivity index is 1.48. The van der Waals surface area contributed by atoms with Crippen LogP contribution in [0.3, 0.4) is 0 Å². The monoisotopic (exact) mass is 629 g/mol. The van der Waals surface area contributed by atoms with Gasteiger partial charge in [0.1, 0.15) is 5.82 Å². The molecule has 5 aromatic rings. The van der Waals surface area contributed by atoms with Crippen molar-refractivity contribution in [2.75, 3.05) is 22.9 Å². The van der Waals surface area contributed by atoms with Crippen LogP contribution < -0.4 is 21.9 Å². The van der Waals surface area contributed by atoms with Gasteiger partial charge in [0.05, 0.1) is 12.3 Å². The van der Waals surface area contributed by atoms with Crippen molar-refractivity contribution < 1.29 is 4.79 Å². The number of carbonyl (C=O) groups excluding carboxylic acids is 1. The molecule has 0 spiro atoms. The van der Waals surface area contributed by atoms with Gasteiger partial charge in [-0.3, -0.25) is 23.7 Å². The van der Waals surface area contributed by atoms with Crippen molar-refractivity contribution in [2.45, 2.75) is 38.4 Å². The van der Waals surface area contributed by atoms with E-state index in [9.17, 15) is 14.4 Å². The first-order chi connectivity index (χ1) is 21.3. The molecule has 3 N–H and O–H groups in total. The zero-order valence-corrected chi connectivity index (χ0v) is 25.9. The summed E-state index contributed by atoms with van der Waals surface area (Å²) in [6.45, 7) is 4.39. The van der Waals surface area contributed by atoms with Crippen LogP contribution in [0.2, 0.25) is 5.02 Å². The third-order valence-corrected chi connectivity index (χ3v) is 8.19. The Labute approximate surface area is 263 Å². The SMILES string of the molecule is CCCCN(C(=O)CSc1nnc(-c2ccc(Cl)cc2)n1-c1cccc(C)c1)c1c(N)n(Cc2ccccc2)c(=O)[nH]c1=O. The number of unbranched alkanes of at least 4 members (excludes halogenated alkanes) is 1. The van der Waals surface area contributed by atoms with Crippen LogP contribution >= 0.6 is 23.4 Å². The Morgan fingerprint density at radius 1 is 1.02 bits per heavy atom. The standard InChI is InChI=1S/C32H32ClN7O3S/c1-3-4-17-38(27-28(34)39(31(43)35-30(27)42)19-22-10-6-5-7-11-22)26(41)20-44-32-37-36-29(23-13-15-24(33)16-14-23)40(32)25-12-8-9-21(2)18-25/h5-16,18H,3-4,17,19-20,34H2,1-2H3,(H,35,42,43). The van der Waals surface area contributed by atoms with Gasteiger partial charge in [-0.15, -0.1) is 10.2 Å². The van der Waals surface area contributed by atoms with E-state index >= 15 is 0 Å². The molecule has 0 radical (unpaired) electrons. The van der Waals surface area contributed by atoms with Crippen molar-refractivity contribution in [1.82, 2.24) is 24.3 Å². The van der Waals surface area contributed by atoms with E-state index in [-0.39, 0.29) is 36.3 Å². The summed E-state index contributed by atoms with van der Waals surface area (Å²) in [7, 11) is 0. The summed E-state index contributed by atoms with van der Waals surface area (Å²) in [5.74, 6) is 0.131. The summed E-state index contributed by atoms with van der Waals surface area (Å²) in [4.78, 5) is 43.4. The van der Waals surface area contributed by atoms with Crippen molar-refractivity contribution in [1.29, 1.82) is 0 Å². The number of nitrogens with one attached hydrogen (secondary N) is 1. The Kier molecular flexibility index (Phi) is 9.66. The maximum absolute atomic E-state index is 13.8. The fourth-order valence-corrected chi connectivity index (χ4v) is 5.75. The number of rotatable bonds is 11. The molecule has 0 bridgehead atoms. The lowest BCUT2D eigenvalue weighted by molar-refractivity contribution is -0.116. The van der Waals surface area contributed by atoms with Gasteiger partial charge in [0, 0.05) is 22.8 Å². The molecule has 1 amide bonds. The van der Waals surface area contributed by atoms with E-state index in [4.69, 9.17) is 17.3 Å². The van der Waals surface area contributed by atoms with Gasteiger partial charge in [-0.25, -0.2) is 4.79 Å². The minimum atomic E-state index is -0.709. The molecule has 0 unspecified atom stereocenters. The molecule has 226 valence electrons. The third kappa shape index (κ3) is 6.79. The molecule has 2 heterocycles. The molecule has 0 aliphatic carbocycles. The average molecular weight is 630 g/mol. The summed E-state index contributed by atoms with van der Waals surface area (Å²) in [6, 6.07) is 24.5. The summed E-state index contributed by atoms with van der Waals surface area (Å²) < 4.78 is 3.17. The van der Waals surface area contributed by atoms with Gasteiger partial charge in [-0.1, -0.05) is 79.2 Å². The van der Waals surface area contributed by atoms with Crippen LogP contribution in [0.1, 0.15) is 30.9 Å². The number of halogens is 1. The second-order valence-corrected chi connectivity index (χ2v) is 11.6. The Hall–Kier alpha value is -4.61. The molecule has 0 aliphatic heterocycles. The molecule has 0 fully saturated rings. The third-order valence-electron chi connectivity index (χ3n) is 7.02. The average Bonchev–Trinajstić information content (AvgIpc) is 3.44. The van der Waals surface area contributed by atoms with E-state index in [1.165, 1.54) is 21.2 Å². The molecule has 44 heavy (non-hydrogen) atoms. The molecule has 12 heteroatoms. The predicted octanol–water partition coefficient (Wildman–Crippen LogP) is 5.30. The van der Waals surface area contributed by atoms with Crippen LogP contribution in [0.25, 0.3) is 17.1 Å². The van der Waals surface area contributed by atoms with Gasteiger partial charge in [0.25, 0.3) is 5.56 Å². The topological polar surface area (TPSA) is 132 Å². The minimum absolute atomic E-state index is 0.0402. The summed E-state index contributed by atoms with van der Waals surface area (Å²) >= 11 is 7.33. The van der Waals surface area contributed by atoms with Crippen molar-refractivity contribution in [3.8, 4) is 17.1 Å². The van der Waals surface area contributed by atoms with Crippen molar-refractivity contribution >= 4 is 40.8 Å². The lowest BCUT2D eigenvalue weighted by Gasteiger charge is -2.24. The van der Waals surface area contributed by atoms with Crippen LogP contribution in [0.4, 0.5) is 11.5 Å². The first kappa shape index (κ1) is 30.8. The van der Waals surface area contributed by atoms with Gasteiger partial charge in [-0.05, 0) is 60.9 Å². The van der Waals surface area contributed by atoms with E-state index < -0.39 is 11.2 Å². The number of aromatic nitrogens is 5. The van der Waals surface area contributed by atoms with E-state index in [1.54, 1.807) is 12.1 Å². The largest absolute Gasteiger partial charge is 0.383 e. The predicted molar refractivity (Wildman–Crippen MR) is 176 cm³/mol. The molecular formula is C32H32ClN7O3S. The fraction of sp³-hybridized carbons (Fsp3) is 0.219. The number of hydrogen-bond acceptors (Lipinski definition) is 7. The number of nitrogens with zero attached hydrogens (tertiary/aromatic N) is 5. The maximum Gasteiger partial charge on any atom is 0.330 e. The second kappa shape index (κ2) is 13.8. The molecule has 0 aliphatic rings. The smallest absolute Gasteiger partial charge is 0.330 e. The van der Waals surface area contributed by atoms with Crippen LogP contribution in [-0.4, -0.2) is 42.5 Å². The molecule has 0 saturated heterocycles. The second-order valence-electron chi connectivity index (χ2n) is 10.2. The molecule has 0 atom stereocenters. The highest BCUT2D eigenvalue weighted by Crippen LogP contribution is 2.30. The minimum Gasteiger partial charge on any atom is -0.383 e. The summed E-state index contributed by atoms with van der Waals surface area (Å²) in [5, 5.41) is 9.99. The van der Waals surface area contributed by atoms with E-state index in [0.717, 1.165) is 28.8 Å². The van der Waals surface area contributed by atoms with Crippen molar-refractivity contribution in [3.05, 3.63) is 116 Å². The quantitative estimate of drug-likeness (QED) is 0.189. The number of nitrogen functional groups attached to an aromatic ring is 1. The number of carbonyl (C=O) groups is 1. The first-order valence-electron chi connectivity index (χ1n) is 14.1. The zero-order chi connectivity index (χ0) is 31.2. The maximum atomic E-state index is 13.8. The Bertz CT molecular complexity index is 1890. The Morgan fingerprint density at radius 2 is 1.77 bits per heavy atom. The molecule has 0 saturated carbocycles. The fourth-order valence-electron chi connectivity index (χ4n) is 4.79. The van der Waals surface area contributed by atoms with E-state index in [1.807, 2.05) is 85.1 Å². The van der Waals surface area contributed by atoms with Gasteiger partial charge in [0.2, 0.25) is 5.91 Å². The molecule has 2 aromatic heterocycles. The number of thioether (sulfide) groups is 1. The molecular weight excluding hydrogens is 598 g/mol. The Morgan fingerprint density at radius 3 is 2.48 bits per heavy atom. The van der Waals surface area contributed by atoms with E-state index in [0.29, 0.717) is 22.4 Å². The number of anilines is 2. The van der Waals surface area contributed by atoms with Crippen LogP contribution in [0.5, 0.6) is 0 Å². The van der Waals surface area contributed by atoms with Crippen LogP contribution in [-0.2, 0) is 11.3 Å². The summed E-state index contributed by atoms with van der Waals surface area (Å²) in [6.07, 6.45) is 1.41. The number of aromatic amines is 1.